The molecule has 2 aromatic rings. The van der Waals surface area contributed by atoms with E-state index >= 15 is 0 Å². The molecule has 0 aliphatic rings. The highest BCUT2D eigenvalue weighted by atomic mass is 79.9. The van der Waals surface area contributed by atoms with Gasteiger partial charge in [-0.3, -0.25) is 4.68 Å². The van der Waals surface area contributed by atoms with Crippen molar-refractivity contribution in [2.75, 3.05) is 5.32 Å². The Bertz CT molecular complexity index is 516. The summed E-state index contributed by atoms with van der Waals surface area (Å²) < 4.78 is 3.09. The van der Waals surface area contributed by atoms with Crippen molar-refractivity contribution in [1.29, 1.82) is 0 Å². The number of phenolic OH excluding ortho intramolecular Hbond substituents is 1. The third kappa shape index (κ3) is 3.01. The van der Waals surface area contributed by atoms with Crippen LogP contribution in [-0.4, -0.2) is 14.9 Å². The predicted molar refractivity (Wildman–Crippen MR) is 74.0 cm³/mol. The number of aryl methyl sites for hydroxylation is 1. The predicted octanol–water partition coefficient (Wildman–Crippen LogP) is 3.26. The Hall–Kier alpha value is -1.01. The maximum Gasteiger partial charge on any atom is 0.143 e. The lowest BCUT2D eigenvalue weighted by atomic mass is 10.2. The number of hydrogen-bond donors (Lipinski definition) is 2. The van der Waals surface area contributed by atoms with Crippen LogP contribution in [0.25, 0.3) is 0 Å². The van der Waals surface area contributed by atoms with Gasteiger partial charge in [-0.2, -0.15) is 5.10 Å². The molecule has 6 heteroatoms. The zero-order chi connectivity index (χ0) is 12.4. The van der Waals surface area contributed by atoms with E-state index in [4.69, 9.17) is 0 Å². The van der Waals surface area contributed by atoms with Crippen LogP contribution in [0.15, 0.2) is 33.5 Å². The number of rotatable bonds is 3. The van der Waals surface area contributed by atoms with E-state index in [2.05, 4.69) is 42.3 Å². The first-order valence-electron chi connectivity index (χ1n) is 4.95. The van der Waals surface area contributed by atoms with Crippen molar-refractivity contribution in [3.63, 3.8) is 0 Å². The van der Waals surface area contributed by atoms with E-state index in [1.807, 2.05) is 25.4 Å². The van der Waals surface area contributed by atoms with Gasteiger partial charge in [0.25, 0.3) is 0 Å². The van der Waals surface area contributed by atoms with Crippen LogP contribution in [0.5, 0.6) is 5.75 Å². The Morgan fingerprint density at radius 2 is 2.00 bits per heavy atom. The summed E-state index contributed by atoms with van der Waals surface area (Å²) in [5, 5.41) is 16.9. The lowest BCUT2D eigenvalue weighted by Crippen LogP contribution is -1.98. The molecule has 0 unspecified atom stereocenters. The molecule has 1 heterocycles. The number of nitrogens with one attached hydrogen (secondary N) is 1. The van der Waals surface area contributed by atoms with Crippen LogP contribution >= 0.6 is 31.9 Å². The first-order valence-corrected chi connectivity index (χ1v) is 6.54. The average molecular weight is 361 g/mol. The van der Waals surface area contributed by atoms with E-state index in [0.717, 1.165) is 11.3 Å². The standard InChI is InChI=1S/C11H11Br2N3O/c1-16-6-8(5-15-16)14-4-7-2-9(12)11(17)10(13)3-7/h2-3,5-6,14,17H,4H2,1H3. The largest absolute Gasteiger partial charge is 0.506 e. The van der Waals surface area contributed by atoms with Crippen molar-refractivity contribution >= 4 is 37.5 Å². The molecular weight excluding hydrogens is 350 g/mol. The zero-order valence-electron chi connectivity index (χ0n) is 9.11. The van der Waals surface area contributed by atoms with Crippen LogP contribution < -0.4 is 5.32 Å². The Balaban J connectivity index is 2.09. The summed E-state index contributed by atoms with van der Waals surface area (Å²) in [5.41, 5.74) is 2.03. The smallest absolute Gasteiger partial charge is 0.143 e. The van der Waals surface area contributed by atoms with Crippen LogP contribution in [-0.2, 0) is 13.6 Å². The normalized spacial score (nSPS) is 10.5. The maximum absolute atomic E-state index is 9.59. The van der Waals surface area contributed by atoms with Gasteiger partial charge >= 0.3 is 0 Å². The molecule has 0 aliphatic carbocycles. The Morgan fingerprint density at radius 3 is 2.53 bits per heavy atom. The van der Waals surface area contributed by atoms with E-state index in [1.54, 1.807) is 10.9 Å². The third-order valence-corrected chi connectivity index (χ3v) is 3.49. The minimum Gasteiger partial charge on any atom is -0.506 e. The van der Waals surface area contributed by atoms with Gasteiger partial charge < -0.3 is 10.4 Å². The van der Waals surface area contributed by atoms with E-state index in [9.17, 15) is 5.11 Å². The summed E-state index contributed by atoms with van der Waals surface area (Å²) in [5.74, 6) is 0.218. The van der Waals surface area contributed by atoms with Crippen LogP contribution in [0.1, 0.15) is 5.56 Å². The molecule has 0 radical (unpaired) electrons. The van der Waals surface area contributed by atoms with Gasteiger partial charge in [-0.25, -0.2) is 0 Å². The molecule has 4 nitrogen and oxygen atoms in total. The number of aromatic nitrogens is 2. The molecule has 0 fully saturated rings. The second-order valence-corrected chi connectivity index (χ2v) is 5.37. The molecule has 0 amide bonds. The van der Waals surface area contributed by atoms with Gasteiger partial charge in [0.1, 0.15) is 5.75 Å². The quantitative estimate of drug-likeness (QED) is 0.883. The molecule has 2 rings (SSSR count). The molecule has 0 atom stereocenters. The first kappa shape index (κ1) is 12.4. The summed E-state index contributed by atoms with van der Waals surface area (Å²) >= 11 is 6.61. The molecule has 1 aromatic carbocycles. The molecule has 0 spiro atoms. The third-order valence-electron chi connectivity index (χ3n) is 2.28. The molecular formula is C11H11Br2N3O. The Labute approximate surface area is 116 Å². The Morgan fingerprint density at radius 1 is 1.35 bits per heavy atom. The number of nitrogens with zero attached hydrogens (tertiary/aromatic N) is 2. The van der Waals surface area contributed by atoms with Crippen LogP contribution in [0.4, 0.5) is 5.69 Å². The molecule has 1 aromatic heterocycles. The van der Waals surface area contributed by atoms with Gasteiger partial charge in [0, 0.05) is 19.8 Å². The fourth-order valence-corrected chi connectivity index (χ4v) is 2.72. The van der Waals surface area contributed by atoms with E-state index in [0.29, 0.717) is 15.5 Å². The van der Waals surface area contributed by atoms with Gasteiger partial charge in [0.2, 0.25) is 0 Å². The molecule has 0 bridgehead atoms. The number of anilines is 1. The molecule has 2 N–H and O–H groups in total. The first-order chi connectivity index (χ1) is 8.06. The van der Waals surface area contributed by atoms with Gasteiger partial charge in [-0.05, 0) is 49.6 Å². The fourth-order valence-electron chi connectivity index (χ4n) is 1.44. The molecule has 17 heavy (non-hydrogen) atoms. The van der Waals surface area contributed by atoms with E-state index in [1.165, 1.54) is 0 Å². The number of phenols is 1. The van der Waals surface area contributed by atoms with Crippen molar-refractivity contribution in [2.24, 2.45) is 7.05 Å². The molecule has 0 saturated heterocycles. The second kappa shape index (κ2) is 5.10. The second-order valence-electron chi connectivity index (χ2n) is 3.66. The maximum atomic E-state index is 9.59. The van der Waals surface area contributed by atoms with Gasteiger partial charge in [-0.15, -0.1) is 0 Å². The average Bonchev–Trinajstić information content (AvgIpc) is 2.69. The Kier molecular flexibility index (Phi) is 3.73. The molecule has 0 saturated carbocycles. The van der Waals surface area contributed by atoms with Gasteiger partial charge in [0.15, 0.2) is 0 Å². The van der Waals surface area contributed by atoms with Crippen molar-refractivity contribution in [1.82, 2.24) is 9.78 Å². The summed E-state index contributed by atoms with van der Waals surface area (Å²) in [4.78, 5) is 0. The van der Waals surface area contributed by atoms with Crippen molar-refractivity contribution in [3.05, 3.63) is 39.0 Å². The minimum absolute atomic E-state index is 0.218. The van der Waals surface area contributed by atoms with Gasteiger partial charge in [0.05, 0.1) is 20.8 Å². The highest BCUT2D eigenvalue weighted by Crippen LogP contribution is 2.33. The minimum atomic E-state index is 0.218. The monoisotopic (exact) mass is 359 g/mol. The summed E-state index contributed by atoms with van der Waals surface area (Å²) in [6, 6.07) is 3.76. The summed E-state index contributed by atoms with van der Waals surface area (Å²) in [6.45, 7) is 0.670. The number of halogens is 2. The number of hydrogen-bond acceptors (Lipinski definition) is 3. The van der Waals surface area contributed by atoms with Crippen molar-refractivity contribution in [3.8, 4) is 5.75 Å². The van der Waals surface area contributed by atoms with E-state index < -0.39 is 0 Å². The highest BCUT2D eigenvalue weighted by Gasteiger charge is 2.06. The van der Waals surface area contributed by atoms with Crippen LogP contribution in [0, 0.1) is 0 Å². The highest BCUT2D eigenvalue weighted by molar-refractivity contribution is 9.11. The number of benzene rings is 1. The van der Waals surface area contributed by atoms with Crippen molar-refractivity contribution in [2.45, 2.75) is 6.54 Å². The lowest BCUT2D eigenvalue weighted by Gasteiger charge is -2.07. The zero-order valence-corrected chi connectivity index (χ0v) is 12.3. The lowest BCUT2D eigenvalue weighted by molar-refractivity contribution is 0.468. The molecule has 0 aliphatic heterocycles. The van der Waals surface area contributed by atoms with Crippen LogP contribution in [0.2, 0.25) is 0 Å². The SMILES string of the molecule is Cn1cc(NCc2cc(Br)c(O)c(Br)c2)cn1. The van der Waals surface area contributed by atoms with Gasteiger partial charge in [-0.1, -0.05) is 0 Å². The van der Waals surface area contributed by atoms with Crippen molar-refractivity contribution < 1.29 is 5.11 Å². The topological polar surface area (TPSA) is 50.1 Å². The summed E-state index contributed by atoms with van der Waals surface area (Å²) in [6.07, 6.45) is 3.68. The molecule has 90 valence electrons. The number of aromatic hydroxyl groups is 1. The van der Waals surface area contributed by atoms with Crippen LogP contribution in [0.3, 0.4) is 0 Å². The fraction of sp³-hybridized carbons (Fsp3) is 0.182. The van der Waals surface area contributed by atoms with E-state index in [-0.39, 0.29) is 5.75 Å². The summed E-state index contributed by atoms with van der Waals surface area (Å²) in [7, 11) is 1.87.